The highest BCUT2D eigenvalue weighted by Gasteiger charge is 2.16. The van der Waals surface area contributed by atoms with E-state index in [2.05, 4.69) is 5.32 Å². The van der Waals surface area contributed by atoms with Crippen molar-refractivity contribution in [2.75, 3.05) is 12.1 Å². The van der Waals surface area contributed by atoms with E-state index in [1.807, 2.05) is 42.5 Å². The Hall–Kier alpha value is -2.49. The molecule has 102 valence electrons. The van der Waals surface area contributed by atoms with E-state index in [0.29, 0.717) is 12.1 Å². The predicted octanol–water partition coefficient (Wildman–Crippen LogP) is 3.23. The van der Waals surface area contributed by atoms with Gasteiger partial charge in [0.25, 0.3) is 0 Å². The lowest BCUT2D eigenvalue weighted by atomic mass is 10.1. The molecule has 1 N–H and O–H groups in total. The number of carbonyl (C=O) groups excluding carboxylic acids is 1. The van der Waals surface area contributed by atoms with E-state index in [1.165, 1.54) is 0 Å². The van der Waals surface area contributed by atoms with Crippen LogP contribution in [0.2, 0.25) is 0 Å². The number of hydrogen-bond acceptors (Lipinski definition) is 4. The number of benzene rings is 2. The van der Waals surface area contributed by atoms with Gasteiger partial charge in [0.15, 0.2) is 17.3 Å². The molecule has 0 bridgehead atoms. The summed E-state index contributed by atoms with van der Waals surface area (Å²) in [6, 6.07) is 13.3. The van der Waals surface area contributed by atoms with Crippen molar-refractivity contribution in [2.45, 2.75) is 13.5 Å². The number of fused-ring (bicyclic) bond motifs is 1. The second-order valence-corrected chi connectivity index (χ2v) is 4.64. The van der Waals surface area contributed by atoms with E-state index in [-0.39, 0.29) is 12.6 Å². The molecule has 1 aliphatic rings. The molecule has 0 unspecified atom stereocenters. The highest BCUT2D eigenvalue weighted by Crippen LogP contribution is 2.35. The van der Waals surface area contributed by atoms with Gasteiger partial charge in [0.2, 0.25) is 6.79 Å². The highest BCUT2D eigenvalue weighted by atomic mass is 16.7. The summed E-state index contributed by atoms with van der Waals surface area (Å²) in [6.45, 7) is 2.48. The fraction of sp³-hybridized carbons (Fsp3) is 0.188. The zero-order chi connectivity index (χ0) is 13.9. The molecule has 0 saturated carbocycles. The molecule has 0 fully saturated rings. The standard InChI is InChI=1S/C16H15NO3/c1-11(18)12-5-7-14(8-6-12)17-9-13-3-2-4-15-16(13)20-10-19-15/h2-8,17H,9-10H2,1H3. The molecule has 0 radical (unpaired) electrons. The minimum atomic E-state index is 0.0722. The second-order valence-electron chi connectivity index (χ2n) is 4.64. The van der Waals surface area contributed by atoms with Crippen LogP contribution in [-0.4, -0.2) is 12.6 Å². The third-order valence-electron chi connectivity index (χ3n) is 3.25. The van der Waals surface area contributed by atoms with Gasteiger partial charge in [-0.2, -0.15) is 0 Å². The van der Waals surface area contributed by atoms with Crippen LogP contribution in [-0.2, 0) is 6.54 Å². The lowest BCUT2D eigenvalue weighted by Crippen LogP contribution is -2.01. The Labute approximate surface area is 117 Å². The van der Waals surface area contributed by atoms with Crippen molar-refractivity contribution in [3.63, 3.8) is 0 Å². The number of hydrogen-bond donors (Lipinski definition) is 1. The Morgan fingerprint density at radius 3 is 2.70 bits per heavy atom. The monoisotopic (exact) mass is 269 g/mol. The van der Waals surface area contributed by atoms with Gasteiger partial charge in [-0.3, -0.25) is 4.79 Å². The minimum absolute atomic E-state index is 0.0722. The molecular formula is C16H15NO3. The first-order valence-electron chi connectivity index (χ1n) is 6.46. The first kappa shape index (κ1) is 12.5. The normalized spacial score (nSPS) is 12.2. The molecule has 0 aromatic heterocycles. The first-order chi connectivity index (χ1) is 9.74. The molecule has 3 rings (SSSR count). The van der Waals surface area contributed by atoms with Crippen molar-refractivity contribution >= 4 is 11.5 Å². The van der Waals surface area contributed by atoms with E-state index >= 15 is 0 Å². The molecule has 0 amide bonds. The summed E-state index contributed by atoms with van der Waals surface area (Å²) in [7, 11) is 0. The highest BCUT2D eigenvalue weighted by molar-refractivity contribution is 5.94. The molecule has 0 aliphatic carbocycles. The fourth-order valence-electron chi connectivity index (χ4n) is 2.15. The van der Waals surface area contributed by atoms with Crippen LogP contribution in [0.4, 0.5) is 5.69 Å². The van der Waals surface area contributed by atoms with E-state index in [9.17, 15) is 4.79 Å². The molecule has 4 heteroatoms. The number of rotatable bonds is 4. The van der Waals surface area contributed by atoms with Crippen molar-refractivity contribution in [2.24, 2.45) is 0 Å². The topological polar surface area (TPSA) is 47.6 Å². The van der Waals surface area contributed by atoms with Crippen LogP contribution in [0, 0.1) is 0 Å². The molecule has 20 heavy (non-hydrogen) atoms. The zero-order valence-electron chi connectivity index (χ0n) is 11.2. The van der Waals surface area contributed by atoms with Gasteiger partial charge in [0.1, 0.15) is 0 Å². The van der Waals surface area contributed by atoms with Gasteiger partial charge in [-0.15, -0.1) is 0 Å². The number of carbonyl (C=O) groups is 1. The van der Waals surface area contributed by atoms with Crippen molar-refractivity contribution < 1.29 is 14.3 Å². The minimum Gasteiger partial charge on any atom is -0.454 e. The quantitative estimate of drug-likeness (QED) is 0.866. The van der Waals surface area contributed by atoms with Crippen LogP contribution in [0.3, 0.4) is 0 Å². The lowest BCUT2D eigenvalue weighted by Gasteiger charge is -2.09. The average Bonchev–Trinajstić information content (AvgIpc) is 2.94. The van der Waals surface area contributed by atoms with Gasteiger partial charge in [-0.1, -0.05) is 12.1 Å². The summed E-state index contributed by atoms with van der Waals surface area (Å²) in [6.07, 6.45) is 0. The number of Topliss-reactive ketones (excluding diaryl/α,β-unsaturated/α-hetero) is 1. The molecule has 1 heterocycles. The number of nitrogens with one attached hydrogen (secondary N) is 1. The summed E-state index contributed by atoms with van der Waals surface area (Å²) in [4.78, 5) is 11.2. The van der Waals surface area contributed by atoms with Crippen molar-refractivity contribution in [3.05, 3.63) is 53.6 Å². The van der Waals surface area contributed by atoms with Gasteiger partial charge >= 0.3 is 0 Å². The van der Waals surface area contributed by atoms with Gasteiger partial charge in [-0.05, 0) is 37.3 Å². The summed E-state index contributed by atoms with van der Waals surface area (Å²) in [5.41, 5.74) is 2.73. The Kier molecular flexibility index (Phi) is 3.29. The van der Waals surface area contributed by atoms with Crippen LogP contribution in [0.25, 0.3) is 0 Å². The van der Waals surface area contributed by atoms with Gasteiger partial charge < -0.3 is 14.8 Å². The van der Waals surface area contributed by atoms with Crippen molar-refractivity contribution in [1.29, 1.82) is 0 Å². The maximum absolute atomic E-state index is 11.2. The maximum Gasteiger partial charge on any atom is 0.231 e. The van der Waals surface area contributed by atoms with E-state index in [1.54, 1.807) is 6.92 Å². The van der Waals surface area contributed by atoms with Crippen molar-refractivity contribution in [1.82, 2.24) is 0 Å². The van der Waals surface area contributed by atoms with Crippen LogP contribution < -0.4 is 14.8 Å². The largest absolute Gasteiger partial charge is 0.454 e. The first-order valence-corrected chi connectivity index (χ1v) is 6.46. The SMILES string of the molecule is CC(=O)c1ccc(NCc2cccc3c2OCO3)cc1. The predicted molar refractivity (Wildman–Crippen MR) is 76.3 cm³/mol. The van der Waals surface area contributed by atoms with Gasteiger partial charge in [0.05, 0.1) is 0 Å². The Morgan fingerprint density at radius 1 is 1.15 bits per heavy atom. The van der Waals surface area contributed by atoms with Gasteiger partial charge in [-0.25, -0.2) is 0 Å². The van der Waals surface area contributed by atoms with Crippen LogP contribution in [0.1, 0.15) is 22.8 Å². The van der Waals surface area contributed by atoms with Crippen LogP contribution in [0.15, 0.2) is 42.5 Å². The van der Waals surface area contributed by atoms with Crippen LogP contribution in [0.5, 0.6) is 11.5 Å². The third-order valence-corrected chi connectivity index (χ3v) is 3.25. The zero-order valence-corrected chi connectivity index (χ0v) is 11.2. The summed E-state index contributed by atoms with van der Waals surface area (Å²) < 4.78 is 10.8. The maximum atomic E-state index is 11.2. The van der Waals surface area contributed by atoms with Crippen LogP contribution >= 0.6 is 0 Å². The molecule has 2 aromatic rings. The average molecular weight is 269 g/mol. The molecule has 4 nitrogen and oxygen atoms in total. The van der Waals surface area contributed by atoms with Crippen molar-refractivity contribution in [3.8, 4) is 11.5 Å². The number of anilines is 1. The van der Waals surface area contributed by atoms with E-state index < -0.39 is 0 Å². The second kappa shape index (κ2) is 5.25. The van der Waals surface area contributed by atoms with E-state index in [4.69, 9.17) is 9.47 Å². The molecule has 0 spiro atoms. The number of para-hydroxylation sites is 1. The lowest BCUT2D eigenvalue weighted by molar-refractivity contribution is 0.101. The molecular weight excluding hydrogens is 254 g/mol. The summed E-state index contributed by atoms with van der Waals surface area (Å²) in [5, 5.41) is 3.31. The van der Waals surface area contributed by atoms with E-state index in [0.717, 1.165) is 22.7 Å². The Morgan fingerprint density at radius 2 is 1.95 bits per heavy atom. The summed E-state index contributed by atoms with van der Waals surface area (Å²) >= 11 is 0. The number of ether oxygens (including phenoxy) is 2. The molecule has 0 atom stereocenters. The molecule has 2 aromatic carbocycles. The Bertz CT molecular complexity index is 635. The van der Waals surface area contributed by atoms with Gasteiger partial charge in [0, 0.05) is 23.4 Å². The molecule has 0 saturated heterocycles. The fourth-order valence-corrected chi connectivity index (χ4v) is 2.15. The smallest absolute Gasteiger partial charge is 0.231 e. The summed E-state index contributed by atoms with van der Waals surface area (Å²) in [5.74, 6) is 1.67. The number of ketones is 1. The third kappa shape index (κ3) is 2.45. The molecule has 1 aliphatic heterocycles. The Balaban J connectivity index is 1.71.